The summed E-state index contributed by atoms with van der Waals surface area (Å²) in [7, 11) is 5.91. The molecule has 0 spiro atoms. The van der Waals surface area contributed by atoms with Crippen molar-refractivity contribution in [3.8, 4) is 0 Å². The Kier molecular flexibility index (Phi) is 6.97. The summed E-state index contributed by atoms with van der Waals surface area (Å²) in [5.41, 5.74) is -0.436. The Hall–Kier alpha value is -3.82. The van der Waals surface area contributed by atoms with Gasteiger partial charge in [-0.1, -0.05) is 0 Å². The third kappa shape index (κ3) is 3.91. The van der Waals surface area contributed by atoms with Gasteiger partial charge >= 0.3 is 11.4 Å². The molecule has 4 aromatic heterocycles. The summed E-state index contributed by atoms with van der Waals surface area (Å²) in [6.07, 6.45) is 1.78. The first kappa shape index (κ1) is 24.4. The van der Waals surface area contributed by atoms with Gasteiger partial charge in [-0.25, -0.2) is 19.6 Å². The number of aliphatic hydroxyl groups excluding tert-OH is 2. The minimum absolute atomic E-state index is 0. The van der Waals surface area contributed by atoms with Gasteiger partial charge in [0.05, 0.1) is 31.9 Å². The number of hydrogen-bond donors (Lipinski definition) is 3. The maximum atomic E-state index is 12.0. The number of imidazole rings is 2. The lowest BCUT2D eigenvalue weighted by Crippen LogP contribution is -2.38. The van der Waals surface area contributed by atoms with Gasteiger partial charge < -0.3 is 25.2 Å². The number of aliphatic hydroxyl groups is 2. The number of fused-ring (bicyclic) bond motifs is 2. The summed E-state index contributed by atoms with van der Waals surface area (Å²) in [5.74, 6) is 0. The predicted octanol–water partition coefficient (Wildman–Crippen LogP) is -4.08. The van der Waals surface area contributed by atoms with Gasteiger partial charge in [0.25, 0.3) is 11.1 Å². The SMILES string of the molecule is Cn1c(=O)c2[nH]cnc2n(C)c1=O.Cn1c(=O)c2c(ncn2CC(O)CO)n(C)c1=O.O. The monoisotopic (exact) mass is 452 g/mol. The van der Waals surface area contributed by atoms with Crippen molar-refractivity contribution in [3.05, 3.63) is 54.3 Å². The highest BCUT2D eigenvalue weighted by atomic mass is 16.3. The molecular formula is C17H24N8O7. The summed E-state index contributed by atoms with van der Waals surface area (Å²) in [5, 5.41) is 18.2. The van der Waals surface area contributed by atoms with Crippen LogP contribution in [0.15, 0.2) is 31.8 Å². The lowest BCUT2D eigenvalue weighted by Gasteiger charge is -2.09. The second kappa shape index (κ2) is 9.13. The van der Waals surface area contributed by atoms with E-state index in [1.807, 2.05) is 0 Å². The van der Waals surface area contributed by atoms with Crippen molar-refractivity contribution in [2.24, 2.45) is 28.2 Å². The number of aromatic nitrogens is 8. The van der Waals surface area contributed by atoms with Gasteiger partial charge in [0.2, 0.25) is 0 Å². The van der Waals surface area contributed by atoms with Crippen LogP contribution in [0.1, 0.15) is 0 Å². The molecule has 1 atom stereocenters. The third-order valence-electron chi connectivity index (χ3n) is 4.86. The molecule has 0 aromatic carbocycles. The average molecular weight is 452 g/mol. The van der Waals surface area contributed by atoms with E-state index < -0.39 is 24.0 Å². The summed E-state index contributed by atoms with van der Waals surface area (Å²) in [6.45, 7) is -0.369. The largest absolute Gasteiger partial charge is 0.412 e. The molecular weight excluding hydrogens is 428 g/mol. The molecule has 0 saturated heterocycles. The van der Waals surface area contributed by atoms with Gasteiger partial charge in [-0.05, 0) is 0 Å². The zero-order valence-corrected chi connectivity index (χ0v) is 17.8. The summed E-state index contributed by atoms with van der Waals surface area (Å²) in [6, 6.07) is 0. The zero-order chi connectivity index (χ0) is 23.0. The van der Waals surface area contributed by atoms with Crippen molar-refractivity contribution < 1.29 is 15.7 Å². The van der Waals surface area contributed by atoms with Crippen LogP contribution in [0.25, 0.3) is 22.3 Å². The van der Waals surface area contributed by atoms with Gasteiger partial charge in [0, 0.05) is 28.2 Å². The Morgan fingerprint density at radius 1 is 0.906 bits per heavy atom. The van der Waals surface area contributed by atoms with Crippen LogP contribution in [0.4, 0.5) is 0 Å². The van der Waals surface area contributed by atoms with Gasteiger partial charge in [-0.2, -0.15) is 0 Å². The molecule has 4 aromatic rings. The molecule has 0 saturated carbocycles. The smallest absolute Gasteiger partial charge is 0.332 e. The molecule has 0 aliphatic heterocycles. The van der Waals surface area contributed by atoms with Crippen LogP contribution in [0, 0.1) is 0 Å². The minimum Gasteiger partial charge on any atom is -0.412 e. The third-order valence-corrected chi connectivity index (χ3v) is 4.86. The lowest BCUT2D eigenvalue weighted by atomic mass is 10.3. The molecule has 4 rings (SSSR count). The van der Waals surface area contributed by atoms with Crippen molar-refractivity contribution in [3.63, 3.8) is 0 Å². The fourth-order valence-electron chi connectivity index (χ4n) is 3.09. The molecule has 0 amide bonds. The molecule has 0 bridgehead atoms. The number of nitrogens with one attached hydrogen (secondary N) is 1. The maximum Gasteiger partial charge on any atom is 0.332 e. The van der Waals surface area contributed by atoms with Crippen molar-refractivity contribution in [2.75, 3.05) is 6.61 Å². The van der Waals surface area contributed by atoms with Gasteiger partial charge in [0.1, 0.15) is 5.52 Å². The van der Waals surface area contributed by atoms with E-state index in [4.69, 9.17) is 5.11 Å². The molecule has 5 N–H and O–H groups in total. The fourth-order valence-corrected chi connectivity index (χ4v) is 3.09. The molecule has 15 heteroatoms. The van der Waals surface area contributed by atoms with Crippen LogP contribution in [0.3, 0.4) is 0 Å². The first-order valence-electron chi connectivity index (χ1n) is 9.09. The number of nitrogens with zero attached hydrogens (tertiary/aromatic N) is 7. The highest BCUT2D eigenvalue weighted by molar-refractivity contribution is 5.70. The van der Waals surface area contributed by atoms with Crippen LogP contribution >= 0.6 is 0 Å². The standard InChI is InChI=1S/C10H14N4O4.C7H8N4O2.H2O/c1-12-8-7(9(17)13(2)10(12)18)14(5-11-8)3-6(16)4-15;1-10-5-4(8-3-9-5)6(12)11(2)7(10)13;/h5-6,15-16H,3-4H2,1-2H3;3H,1-2H3,(H,8,9);1H2. The summed E-state index contributed by atoms with van der Waals surface area (Å²) < 4.78 is 6.04. The normalized spacial score (nSPS) is 11.8. The number of H-pyrrole nitrogens is 1. The second-order valence-electron chi connectivity index (χ2n) is 6.92. The van der Waals surface area contributed by atoms with Gasteiger partial charge in [-0.3, -0.25) is 27.9 Å². The minimum atomic E-state index is -0.982. The number of hydrogen-bond acceptors (Lipinski definition) is 8. The van der Waals surface area contributed by atoms with Crippen LogP contribution in [0.2, 0.25) is 0 Å². The van der Waals surface area contributed by atoms with Crippen molar-refractivity contribution >= 4 is 22.3 Å². The first-order valence-corrected chi connectivity index (χ1v) is 9.09. The number of aryl methyl sites for hydroxylation is 2. The van der Waals surface area contributed by atoms with Crippen LogP contribution in [-0.4, -0.2) is 66.2 Å². The van der Waals surface area contributed by atoms with Gasteiger partial charge in [0.15, 0.2) is 16.8 Å². The molecule has 0 radical (unpaired) electrons. The summed E-state index contributed by atoms with van der Waals surface area (Å²) >= 11 is 0. The molecule has 174 valence electrons. The van der Waals surface area contributed by atoms with E-state index in [9.17, 15) is 24.3 Å². The van der Waals surface area contributed by atoms with Crippen LogP contribution < -0.4 is 22.5 Å². The van der Waals surface area contributed by atoms with E-state index in [-0.39, 0.29) is 34.4 Å². The second-order valence-corrected chi connectivity index (χ2v) is 6.92. The maximum absolute atomic E-state index is 12.0. The Bertz CT molecular complexity index is 1500. The fraction of sp³-hybridized carbons (Fsp3) is 0.412. The highest BCUT2D eigenvalue weighted by Crippen LogP contribution is 2.06. The predicted molar refractivity (Wildman–Crippen MR) is 113 cm³/mol. The van der Waals surface area contributed by atoms with E-state index in [0.717, 1.165) is 9.13 Å². The van der Waals surface area contributed by atoms with Crippen LogP contribution in [0.5, 0.6) is 0 Å². The first-order chi connectivity index (χ1) is 14.6. The Morgan fingerprint density at radius 2 is 1.47 bits per heavy atom. The molecule has 0 aliphatic carbocycles. The van der Waals surface area contributed by atoms with Gasteiger partial charge in [-0.15, -0.1) is 0 Å². The Balaban J connectivity index is 0.000000230. The topological polar surface area (TPSA) is 206 Å². The molecule has 4 heterocycles. The average Bonchev–Trinajstić information content (AvgIpc) is 3.41. The lowest BCUT2D eigenvalue weighted by molar-refractivity contribution is 0.0820. The summed E-state index contributed by atoms with van der Waals surface area (Å²) in [4.78, 5) is 57.0. The van der Waals surface area contributed by atoms with E-state index in [1.165, 1.54) is 47.5 Å². The van der Waals surface area contributed by atoms with Crippen LogP contribution in [-0.2, 0) is 34.7 Å². The molecule has 0 aliphatic rings. The molecule has 1 unspecified atom stereocenters. The quantitative estimate of drug-likeness (QED) is 0.278. The van der Waals surface area contributed by atoms with E-state index in [0.29, 0.717) is 11.2 Å². The van der Waals surface area contributed by atoms with E-state index in [2.05, 4.69) is 15.0 Å². The number of rotatable bonds is 3. The van der Waals surface area contributed by atoms with Crippen molar-refractivity contribution in [1.82, 2.24) is 37.8 Å². The Morgan fingerprint density at radius 3 is 2.06 bits per heavy atom. The highest BCUT2D eigenvalue weighted by Gasteiger charge is 2.15. The zero-order valence-electron chi connectivity index (χ0n) is 17.8. The van der Waals surface area contributed by atoms with Crippen molar-refractivity contribution in [2.45, 2.75) is 12.6 Å². The van der Waals surface area contributed by atoms with E-state index in [1.54, 1.807) is 7.05 Å². The number of aromatic amines is 1. The van der Waals surface area contributed by atoms with Crippen molar-refractivity contribution in [1.29, 1.82) is 0 Å². The van der Waals surface area contributed by atoms with E-state index >= 15 is 0 Å². The molecule has 15 nitrogen and oxygen atoms in total. The molecule has 32 heavy (non-hydrogen) atoms. The molecule has 0 fully saturated rings. The Labute approximate surface area is 178 Å².